The Hall–Kier alpha value is -2.33. The summed E-state index contributed by atoms with van der Waals surface area (Å²) in [6, 6.07) is 17.8. The molecule has 0 radical (unpaired) electrons. The fourth-order valence-electron chi connectivity index (χ4n) is 2.31. The summed E-state index contributed by atoms with van der Waals surface area (Å²) in [5, 5.41) is 1.92. The summed E-state index contributed by atoms with van der Waals surface area (Å²) in [5.74, 6) is 0. The van der Waals surface area contributed by atoms with Gasteiger partial charge in [0.2, 0.25) is 0 Å². The smallest absolute Gasteiger partial charge is 0.307 e. The quantitative estimate of drug-likeness (QED) is 0.750. The fourth-order valence-corrected chi connectivity index (χ4v) is 3.10. The molecule has 106 valence electrons. The average molecular weight is 296 g/mol. The molecular weight excluding hydrogens is 280 g/mol. The molecule has 0 aliphatic carbocycles. The van der Waals surface area contributed by atoms with Crippen molar-refractivity contribution >= 4 is 17.0 Å². The van der Waals surface area contributed by atoms with Gasteiger partial charge in [0.1, 0.15) is 0 Å². The van der Waals surface area contributed by atoms with Gasteiger partial charge in [0.25, 0.3) is 0 Å². The highest BCUT2D eigenvalue weighted by atomic mass is 32.1. The molecule has 3 rings (SSSR count). The maximum absolute atomic E-state index is 12.1. The Morgan fingerprint density at radius 1 is 1.00 bits per heavy atom. The van der Waals surface area contributed by atoms with Crippen molar-refractivity contribution in [2.45, 2.75) is 13.0 Å². The summed E-state index contributed by atoms with van der Waals surface area (Å²) in [6.07, 6.45) is 0.847. The second kappa shape index (κ2) is 5.97. The van der Waals surface area contributed by atoms with Crippen molar-refractivity contribution in [2.24, 2.45) is 0 Å². The van der Waals surface area contributed by atoms with E-state index >= 15 is 0 Å². The summed E-state index contributed by atoms with van der Waals surface area (Å²) >= 11 is 1.24. The lowest BCUT2D eigenvalue weighted by molar-refractivity contribution is 0.692. The van der Waals surface area contributed by atoms with E-state index in [0.717, 1.165) is 23.4 Å². The molecule has 4 heteroatoms. The lowest BCUT2D eigenvalue weighted by Crippen LogP contribution is -2.15. The van der Waals surface area contributed by atoms with Crippen LogP contribution in [0.2, 0.25) is 0 Å². The van der Waals surface area contributed by atoms with Crippen molar-refractivity contribution < 1.29 is 0 Å². The Morgan fingerprint density at radius 2 is 1.71 bits per heavy atom. The minimum absolute atomic E-state index is 0.0813. The normalized spacial score (nSPS) is 10.7. The van der Waals surface area contributed by atoms with Gasteiger partial charge in [-0.25, -0.2) is 0 Å². The maximum atomic E-state index is 12.1. The Labute approximate surface area is 127 Å². The van der Waals surface area contributed by atoms with Crippen molar-refractivity contribution in [3.05, 3.63) is 75.2 Å². The van der Waals surface area contributed by atoms with Crippen LogP contribution in [0.25, 0.3) is 11.3 Å². The molecule has 0 atom stereocenters. The van der Waals surface area contributed by atoms with Crippen LogP contribution in [-0.2, 0) is 13.0 Å². The molecule has 0 amide bonds. The maximum Gasteiger partial charge on any atom is 0.307 e. The highest BCUT2D eigenvalue weighted by molar-refractivity contribution is 7.07. The molecule has 0 saturated heterocycles. The Balaban J connectivity index is 1.87. The highest BCUT2D eigenvalue weighted by Gasteiger charge is 2.08. The van der Waals surface area contributed by atoms with E-state index < -0.39 is 0 Å². The number of hydrogen-bond donors (Lipinski definition) is 1. The van der Waals surface area contributed by atoms with Crippen LogP contribution in [0.5, 0.6) is 0 Å². The van der Waals surface area contributed by atoms with Crippen LogP contribution < -0.4 is 10.6 Å². The van der Waals surface area contributed by atoms with E-state index in [-0.39, 0.29) is 4.87 Å². The molecule has 0 bridgehead atoms. The number of aryl methyl sites for hydroxylation is 1. The Morgan fingerprint density at radius 3 is 2.43 bits per heavy atom. The molecule has 0 spiro atoms. The minimum atomic E-state index is 0.0813. The number of hydrogen-bond acceptors (Lipinski definition) is 3. The monoisotopic (exact) mass is 296 g/mol. The van der Waals surface area contributed by atoms with E-state index in [2.05, 4.69) is 12.1 Å². The van der Waals surface area contributed by atoms with Gasteiger partial charge in [0.05, 0.1) is 5.69 Å². The molecule has 0 aliphatic rings. The second-order valence-electron chi connectivity index (χ2n) is 4.90. The summed E-state index contributed by atoms with van der Waals surface area (Å²) in [4.78, 5) is 12.1. The fraction of sp³-hybridized carbons (Fsp3) is 0.118. The van der Waals surface area contributed by atoms with E-state index in [9.17, 15) is 4.79 Å². The lowest BCUT2D eigenvalue weighted by Gasteiger charge is -2.08. The van der Waals surface area contributed by atoms with Gasteiger partial charge < -0.3 is 5.73 Å². The first-order valence-electron chi connectivity index (χ1n) is 6.82. The molecule has 1 heterocycles. The highest BCUT2D eigenvalue weighted by Crippen LogP contribution is 2.21. The average Bonchev–Trinajstić information content (AvgIpc) is 2.88. The van der Waals surface area contributed by atoms with Crippen LogP contribution in [-0.4, -0.2) is 4.57 Å². The first-order valence-corrected chi connectivity index (χ1v) is 7.70. The molecule has 2 aromatic carbocycles. The van der Waals surface area contributed by atoms with Crippen LogP contribution in [0.4, 0.5) is 5.69 Å². The third kappa shape index (κ3) is 3.06. The minimum Gasteiger partial charge on any atom is -0.399 e. The summed E-state index contributed by atoms with van der Waals surface area (Å²) in [7, 11) is 0. The van der Waals surface area contributed by atoms with Gasteiger partial charge in [-0.2, -0.15) is 0 Å². The van der Waals surface area contributed by atoms with Crippen LogP contribution in [0.15, 0.2) is 64.8 Å². The largest absolute Gasteiger partial charge is 0.399 e. The lowest BCUT2D eigenvalue weighted by atomic mass is 10.1. The van der Waals surface area contributed by atoms with Crippen LogP contribution >= 0.6 is 11.3 Å². The zero-order valence-electron chi connectivity index (χ0n) is 11.5. The molecule has 2 N–H and O–H groups in total. The molecule has 1 aromatic heterocycles. The van der Waals surface area contributed by atoms with Crippen molar-refractivity contribution in [3.63, 3.8) is 0 Å². The number of benzene rings is 2. The molecule has 0 unspecified atom stereocenters. The van der Waals surface area contributed by atoms with Gasteiger partial charge in [-0.3, -0.25) is 9.36 Å². The molecule has 21 heavy (non-hydrogen) atoms. The van der Waals surface area contributed by atoms with Gasteiger partial charge in [-0.1, -0.05) is 53.8 Å². The number of anilines is 1. The van der Waals surface area contributed by atoms with Gasteiger partial charge >= 0.3 is 4.87 Å². The predicted octanol–water partition coefficient (Wildman–Crippen LogP) is 3.40. The zero-order chi connectivity index (χ0) is 14.7. The number of thiazole rings is 1. The number of rotatable bonds is 4. The summed E-state index contributed by atoms with van der Waals surface area (Å²) < 4.78 is 1.84. The molecule has 0 aliphatic heterocycles. The van der Waals surface area contributed by atoms with Crippen molar-refractivity contribution in [1.29, 1.82) is 0 Å². The third-order valence-corrected chi connectivity index (χ3v) is 4.22. The van der Waals surface area contributed by atoms with Crippen LogP contribution in [0, 0.1) is 0 Å². The molecule has 3 nitrogen and oxygen atoms in total. The number of nitrogens with two attached hydrogens (primary N) is 1. The van der Waals surface area contributed by atoms with E-state index in [0.29, 0.717) is 6.54 Å². The van der Waals surface area contributed by atoms with Gasteiger partial charge in [0, 0.05) is 17.6 Å². The zero-order valence-corrected chi connectivity index (χ0v) is 12.3. The van der Waals surface area contributed by atoms with E-state index in [1.807, 2.05) is 52.4 Å². The van der Waals surface area contributed by atoms with Crippen molar-refractivity contribution in [2.75, 3.05) is 5.73 Å². The predicted molar refractivity (Wildman–Crippen MR) is 88.6 cm³/mol. The summed E-state index contributed by atoms with van der Waals surface area (Å²) in [5.41, 5.74) is 9.66. The molecule has 3 aromatic rings. The SMILES string of the molecule is Nc1ccc(-c2csc(=O)n2CCc2ccccc2)cc1. The third-order valence-electron chi connectivity index (χ3n) is 3.46. The van der Waals surface area contributed by atoms with Gasteiger partial charge in [0.15, 0.2) is 0 Å². The molecular formula is C17H16N2OS. The first-order chi connectivity index (χ1) is 10.2. The first kappa shape index (κ1) is 13.6. The molecule has 0 saturated carbocycles. The van der Waals surface area contributed by atoms with E-state index in [4.69, 9.17) is 5.73 Å². The van der Waals surface area contributed by atoms with Crippen molar-refractivity contribution in [3.8, 4) is 11.3 Å². The topological polar surface area (TPSA) is 48.0 Å². The second-order valence-corrected chi connectivity index (χ2v) is 5.72. The van der Waals surface area contributed by atoms with E-state index in [1.54, 1.807) is 0 Å². The summed E-state index contributed by atoms with van der Waals surface area (Å²) in [6.45, 7) is 0.687. The van der Waals surface area contributed by atoms with Crippen LogP contribution in [0.1, 0.15) is 5.56 Å². The van der Waals surface area contributed by atoms with Crippen molar-refractivity contribution in [1.82, 2.24) is 4.57 Å². The Kier molecular flexibility index (Phi) is 3.88. The number of nitrogens with zero attached hydrogens (tertiary/aromatic N) is 1. The van der Waals surface area contributed by atoms with Gasteiger partial charge in [-0.05, 0) is 29.7 Å². The number of nitrogen functional groups attached to an aromatic ring is 1. The van der Waals surface area contributed by atoms with Gasteiger partial charge in [-0.15, -0.1) is 0 Å². The standard InChI is InChI=1S/C17H16N2OS/c18-15-8-6-14(7-9-15)16-12-21-17(20)19(16)11-10-13-4-2-1-3-5-13/h1-9,12H,10-11,18H2. The van der Waals surface area contributed by atoms with E-state index in [1.165, 1.54) is 16.9 Å². The van der Waals surface area contributed by atoms with Crippen LogP contribution in [0.3, 0.4) is 0 Å². The number of aromatic nitrogens is 1. The Bertz CT molecular complexity index is 773. The molecule has 0 fully saturated rings.